The molecule has 148 valence electrons. The van der Waals surface area contributed by atoms with Gasteiger partial charge in [0.15, 0.2) is 10.9 Å². The first-order chi connectivity index (χ1) is 14.4. The van der Waals surface area contributed by atoms with E-state index in [0.29, 0.717) is 23.6 Å². The summed E-state index contributed by atoms with van der Waals surface area (Å²) in [5.74, 6) is 3.19. The Kier molecular flexibility index (Phi) is 5.17. The van der Waals surface area contributed by atoms with Gasteiger partial charge in [-0.2, -0.15) is 0 Å². The van der Waals surface area contributed by atoms with Gasteiger partial charge in [0.2, 0.25) is 17.6 Å². The summed E-state index contributed by atoms with van der Waals surface area (Å²) in [6.45, 7) is 0. The van der Waals surface area contributed by atoms with E-state index in [2.05, 4.69) is 25.0 Å². The number of furan rings is 1. The molecule has 1 aromatic carbocycles. The lowest BCUT2D eigenvalue weighted by Crippen LogP contribution is -2.15. The van der Waals surface area contributed by atoms with Gasteiger partial charge >= 0.3 is 0 Å². The van der Waals surface area contributed by atoms with E-state index in [4.69, 9.17) is 8.83 Å². The summed E-state index contributed by atoms with van der Waals surface area (Å²) in [6, 6.07) is 14.0. The van der Waals surface area contributed by atoms with Crippen molar-refractivity contribution in [3.8, 4) is 23.0 Å². The second kappa shape index (κ2) is 8.24. The zero-order chi connectivity index (χ0) is 19.5. The van der Waals surface area contributed by atoms with Crippen LogP contribution in [0, 0.1) is 0 Å². The third-order valence-corrected chi connectivity index (χ3v) is 6.09. The lowest BCUT2D eigenvalue weighted by molar-refractivity contribution is 0.337. The Morgan fingerprint density at radius 1 is 0.931 bits per heavy atom. The van der Waals surface area contributed by atoms with Crippen molar-refractivity contribution in [2.24, 2.45) is 0 Å². The number of hydrogen-bond donors (Lipinski definition) is 0. The normalized spacial score (nSPS) is 15.0. The van der Waals surface area contributed by atoms with Crippen LogP contribution >= 0.6 is 11.8 Å². The minimum absolute atomic E-state index is 0.393. The van der Waals surface area contributed by atoms with Crippen molar-refractivity contribution in [1.29, 1.82) is 0 Å². The van der Waals surface area contributed by atoms with E-state index in [0.717, 1.165) is 35.1 Å². The maximum Gasteiger partial charge on any atom is 0.247 e. The first-order valence-corrected chi connectivity index (χ1v) is 10.9. The van der Waals surface area contributed by atoms with Gasteiger partial charge in [-0.3, -0.25) is 4.57 Å². The molecule has 3 aromatic heterocycles. The van der Waals surface area contributed by atoms with Crippen molar-refractivity contribution in [2.45, 2.75) is 49.1 Å². The standard InChI is InChI=1S/C21H21N5O2S/c1-3-8-15(9-4-1)20-24-22-18(28-20)14-29-21-25-23-19(17-12-7-13-27-17)26(21)16-10-5-2-6-11-16/h1,3-4,7-9,12-13,16H,2,5-6,10-11,14H2. The fourth-order valence-electron chi connectivity index (χ4n) is 3.75. The zero-order valence-electron chi connectivity index (χ0n) is 15.9. The van der Waals surface area contributed by atoms with Gasteiger partial charge in [-0.15, -0.1) is 20.4 Å². The highest BCUT2D eigenvalue weighted by atomic mass is 32.2. The summed E-state index contributed by atoms with van der Waals surface area (Å²) in [4.78, 5) is 0. The summed E-state index contributed by atoms with van der Waals surface area (Å²) in [5.41, 5.74) is 0.918. The van der Waals surface area contributed by atoms with E-state index >= 15 is 0 Å². The van der Waals surface area contributed by atoms with Gasteiger partial charge in [0.25, 0.3) is 0 Å². The molecule has 0 radical (unpaired) electrons. The lowest BCUT2D eigenvalue weighted by atomic mass is 9.95. The summed E-state index contributed by atoms with van der Waals surface area (Å²) in [6.07, 6.45) is 7.70. The fraction of sp³-hybridized carbons (Fsp3) is 0.333. The molecule has 0 N–H and O–H groups in total. The molecule has 3 heterocycles. The van der Waals surface area contributed by atoms with Crippen molar-refractivity contribution in [1.82, 2.24) is 25.0 Å². The summed E-state index contributed by atoms with van der Waals surface area (Å²) in [7, 11) is 0. The van der Waals surface area contributed by atoms with Crippen LogP contribution in [0.25, 0.3) is 23.0 Å². The van der Waals surface area contributed by atoms with Gasteiger partial charge in [-0.05, 0) is 37.1 Å². The predicted octanol–water partition coefficient (Wildman–Crippen LogP) is 5.39. The van der Waals surface area contributed by atoms with E-state index in [1.807, 2.05) is 42.5 Å². The van der Waals surface area contributed by atoms with Gasteiger partial charge < -0.3 is 8.83 Å². The number of thioether (sulfide) groups is 1. The van der Waals surface area contributed by atoms with Gasteiger partial charge in [0.05, 0.1) is 12.0 Å². The number of nitrogens with zero attached hydrogens (tertiary/aromatic N) is 5. The molecule has 1 aliphatic rings. The predicted molar refractivity (Wildman–Crippen MR) is 109 cm³/mol. The average molecular weight is 407 g/mol. The van der Waals surface area contributed by atoms with E-state index in [1.165, 1.54) is 19.3 Å². The molecule has 0 bridgehead atoms. The number of aromatic nitrogens is 5. The molecule has 8 heteroatoms. The molecule has 7 nitrogen and oxygen atoms in total. The highest BCUT2D eigenvalue weighted by molar-refractivity contribution is 7.98. The van der Waals surface area contributed by atoms with Gasteiger partial charge in [-0.1, -0.05) is 49.2 Å². The van der Waals surface area contributed by atoms with Crippen molar-refractivity contribution < 1.29 is 8.83 Å². The molecule has 0 atom stereocenters. The molecule has 1 fully saturated rings. The van der Waals surface area contributed by atoms with Crippen molar-refractivity contribution in [3.63, 3.8) is 0 Å². The molecule has 0 aliphatic heterocycles. The summed E-state index contributed by atoms with van der Waals surface area (Å²) >= 11 is 1.57. The number of hydrogen-bond acceptors (Lipinski definition) is 7. The van der Waals surface area contributed by atoms with Crippen LogP contribution in [-0.2, 0) is 5.75 Å². The van der Waals surface area contributed by atoms with Crippen molar-refractivity contribution in [2.75, 3.05) is 0 Å². The highest BCUT2D eigenvalue weighted by Gasteiger charge is 2.25. The fourth-order valence-corrected chi connectivity index (χ4v) is 4.60. The maximum absolute atomic E-state index is 5.84. The Bertz CT molecular complexity index is 1050. The molecule has 29 heavy (non-hydrogen) atoms. The van der Waals surface area contributed by atoms with Crippen LogP contribution in [0.3, 0.4) is 0 Å². The van der Waals surface area contributed by atoms with Crippen LogP contribution in [0.5, 0.6) is 0 Å². The third kappa shape index (κ3) is 3.85. The Hall–Kier alpha value is -2.87. The highest BCUT2D eigenvalue weighted by Crippen LogP contribution is 2.36. The second-order valence-electron chi connectivity index (χ2n) is 7.10. The van der Waals surface area contributed by atoms with Crippen LogP contribution in [-0.4, -0.2) is 25.0 Å². The van der Waals surface area contributed by atoms with Crippen LogP contribution in [0.2, 0.25) is 0 Å². The maximum atomic E-state index is 5.84. The summed E-state index contributed by atoms with van der Waals surface area (Å²) in [5, 5.41) is 18.1. The first-order valence-electron chi connectivity index (χ1n) is 9.88. The Morgan fingerprint density at radius 3 is 2.59 bits per heavy atom. The molecular weight excluding hydrogens is 386 g/mol. The molecule has 0 unspecified atom stereocenters. The van der Waals surface area contributed by atoms with E-state index < -0.39 is 0 Å². The molecular formula is C21H21N5O2S. The van der Waals surface area contributed by atoms with Gasteiger partial charge in [0.1, 0.15) is 0 Å². The lowest BCUT2D eigenvalue weighted by Gasteiger charge is -2.25. The topological polar surface area (TPSA) is 82.8 Å². The Labute approximate surface area is 172 Å². The minimum Gasteiger partial charge on any atom is -0.461 e. The van der Waals surface area contributed by atoms with Crippen LogP contribution in [0.4, 0.5) is 0 Å². The van der Waals surface area contributed by atoms with Crippen LogP contribution in [0.1, 0.15) is 44.0 Å². The average Bonchev–Trinajstić information content (AvgIpc) is 3.54. The molecule has 4 aromatic rings. The quantitative estimate of drug-likeness (QED) is 0.396. The van der Waals surface area contributed by atoms with Crippen LogP contribution in [0.15, 0.2) is 62.7 Å². The third-order valence-electron chi connectivity index (χ3n) is 5.16. The smallest absolute Gasteiger partial charge is 0.247 e. The zero-order valence-corrected chi connectivity index (χ0v) is 16.7. The first kappa shape index (κ1) is 18.2. The molecule has 0 saturated heterocycles. The second-order valence-corrected chi connectivity index (χ2v) is 8.04. The minimum atomic E-state index is 0.393. The van der Waals surface area contributed by atoms with Crippen molar-refractivity contribution >= 4 is 11.8 Å². The van der Waals surface area contributed by atoms with Gasteiger partial charge in [-0.25, -0.2) is 0 Å². The number of rotatable bonds is 6. The van der Waals surface area contributed by atoms with E-state index in [1.54, 1.807) is 18.0 Å². The molecule has 5 rings (SSSR count). The Balaban J connectivity index is 1.38. The number of benzene rings is 1. The summed E-state index contributed by atoms with van der Waals surface area (Å²) < 4.78 is 13.7. The molecule has 0 amide bonds. The van der Waals surface area contributed by atoms with E-state index in [9.17, 15) is 0 Å². The molecule has 1 aliphatic carbocycles. The van der Waals surface area contributed by atoms with Crippen molar-refractivity contribution in [3.05, 3.63) is 54.6 Å². The SMILES string of the molecule is c1ccc(-c2nnc(CSc3nnc(-c4ccco4)n3C3CCCCC3)o2)cc1. The Morgan fingerprint density at radius 2 is 1.79 bits per heavy atom. The molecule has 1 saturated carbocycles. The molecule has 0 spiro atoms. The van der Waals surface area contributed by atoms with E-state index in [-0.39, 0.29) is 0 Å². The van der Waals surface area contributed by atoms with Crippen LogP contribution < -0.4 is 0 Å². The monoisotopic (exact) mass is 407 g/mol. The van der Waals surface area contributed by atoms with Gasteiger partial charge in [0, 0.05) is 11.6 Å². The largest absolute Gasteiger partial charge is 0.461 e.